The Kier molecular flexibility index (Phi) is 5.42. The summed E-state index contributed by atoms with van der Waals surface area (Å²) in [6.07, 6.45) is 0.545. The maximum atomic E-state index is 11.1. The monoisotopic (exact) mass is 202 g/mol. The molecule has 0 radical (unpaired) electrons. The van der Waals surface area contributed by atoms with E-state index in [9.17, 15) is 4.79 Å². The molecule has 0 bridgehead atoms. The van der Waals surface area contributed by atoms with Crippen LogP contribution in [0.2, 0.25) is 0 Å². The maximum absolute atomic E-state index is 11.1. The van der Waals surface area contributed by atoms with E-state index in [1.165, 1.54) is 0 Å². The third kappa shape index (κ3) is 3.47. The summed E-state index contributed by atoms with van der Waals surface area (Å²) in [7, 11) is 0. The Morgan fingerprint density at radius 1 is 1.43 bits per heavy atom. The SMILES string of the molecule is C=C(C)C(=O)OCC(CC)(CO)CO. The van der Waals surface area contributed by atoms with Crippen molar-refractivity contribution < 1.29 is 19.7 Å². The number of esters is 1. The van der Waals surface area contributed by atoms with E-state index in [0.29, 0.717) is 12.0 Å². The maximum Gasteiger partial charge on any atom is 0.333 e. The first-order valence-corrected chi connectivity index (χ1v) is 4.55. The number of aliphatic hydroxyl groups excluding tert-OH is 2. The number of rotatable bonds is 6. The minimum absolute atomic E-state index is 0.0161. The highest BCUT2D eigenvalue weighted by Gasteiger charge is 2.28. The first kappa shape index (κ1) is 13.1. The molecule has 14 heavy (non-hydrogen) atoms. The predicted octanol–water partition coefficient (Wildman–Crippen LogP) is 0.487. The van der Waals surface area contributed by atoms with Crippen LogP contribution in [0.4, 0.5) is 0 Å². The Morgan fingerprint density at radius 3 is 2.21 bits per heavy atom. The summed E-state index contributed by atoms with van der Waals surface area (Å²) in [4.78, 5) is 11.1. The molecule has 0 aromatic carbocycles. The zero-order valence-electron chi connectivity index (χ0n) is 8.75. The Balaban J connectivity index is 4.19. The van der Waals surface area contributed by atoms with Gasteiger partial charge in [0.25, 0.3) is 0 Å². The molecule has 0 spiro atoms. The average Bonchev–Trinajstić information content (AvgIpc) is 2.20. The number of hydrogen-bond acceptors (Lipinski definition) is 4. The van der Waals surface area contributed by atoms with Crippen LogP contribution < -0.4 is 0 Å². The molecule has 0 fully saturated rings. The Morgan fingerprint density at radius 2 is 1.93 bits per heavy atom. The van der Waals surface area contributed by atoms with Gasteiger partial charge in [0.05, 0.1) is 18.6 Å². The summed E-state index contributed by atoms with van der Waals surface area (Å²) in [5.74, 6) is -0.496. The molecule has 2 N–H and O–H groups in total. The van der Waals surface area contributed by atoms with Crippen molar-refractivity contribution in [2.45, 2.75) is 20.3 Å². The van der Waals surface area contributed by atoms with Gasteiger partial charge in [-0.25, -0.2) is 4.79 Å². The van der Waals surface area contributed by atoms with Gasteiger partial charge < -0.3 is 14.9 Å². The van der Waals surface area contributed by atoms with Gasteiger partial charge in [-0.3, -0.25) is 0 Å². The predicted molar refractivity (Wildman–Crippen MR) is 52.7 cm³/mol. The molecule has 0 aromatic heterocycles. The van der Waals surface area contributed by atoms with Gasteiger partial charge in [-0.2, -0.15) is 0 Å². The first-order chi connectivity index (χ1) is 6.51. The molecule has 4 heteroatoms. The van der Waals surface area contributed by atoms with Crippen LogP contribution in [0.3, 0.4) is 0 Å². The summed E-state index contributed by atoms with van der Waals surface area (Å²) in [6, 6.07) is 0. The number of hydrogen-bond donors (Lipinski definition) is 2. The molecule has 0 saturated carbocycles. The largest absolute Gasteiger partial charge is 0.462 e. The third-order valence-corrected chi connectivity index (χ3v) is 2.28. The molecular formula is C10H18O4. The van der Waals surface area contributed by atoms with E-state index in [0.717, 1.165) is 0 Å². The zero-order chi connectivity index (χ0) is 11.2. The van der Waals surface area contributed by atoms with E-state index >= 15 is 0 Å². The second kappa shape index (κ2) is 5.78. The van der Waals surface area contributed by atoms with Crippen molar-refractivity contribution in [3.8, 4) is 0 Å². The molecule has 0 amide bonds. The van der Waals surface area contributed by atoms with Gasteiger partial charge in [0.15, 0.2) is 0 Å². The van der Waals surface area contributed by atoms with Crippen LogP contribution in [0.5, 0.6) is 0 Å². The number of carbonyl (C=O) groups excluding carboxylic acids is 1. The van der Waals surface area contributed by atoms with Crippen molar-refractivity contribution in [3.05, 3.63) is 12.2 Å². The van der Waals surface area contributed by atoms with Gasteiger partial charge in [-0.15, -0.1) is 0 Å². The molecule has 0 aromatic rings. The topological polar surface area (TPSA) is 66.8 Å². The average molecular weight is 202 g/mol. The van der Waals surface area contributed by atoms with Crippen molar-refractivity contribution in [2.75, 3.05) is 19.8 Å². The second-order valence-electron chi connectivity index (χ2n) is 3.53. The van der Waals surface area contributed by atoms with Crippen molar-refractivity contribution >= 4 is 5.97 Å². The quantitative estimate of drug-likeness (QED) is 0.486. The summed E-state index contributed by atoms with van der Waals surface area (Å²) >= 11 is 0. The first-order valence-electron chi connectivity index (χ1n) is 4.55. The van der Waals surface area contributed by atoms with Gasteiger partial charge in [-0.1, -0.05) is 13.5 Å². The second-order valence-corrected chi connectivity index (χ2v) is 3.53. The minimum atomic E-state index is -0.731. The Bertz CT molecular complexity index is 198. The van der Waals surface area contributed by atoms with E-state index in [-0.39, 0.29) is 19.8 Å². The third-order valence-electron chi connectivity index (χ3n) is 2.28. The molecular weight excluding hydrogens is 184 g/mol. The number of ether oxygens (including phenoxy) is 1. The van der Waals surface area contributed by atoms with Gasteiger partial charge in [0, 0.05) is 5.57 Å². The van der Waals surface area contributed by atoms with Crippen LogP contribution >= 0.6 is 0 Å². The summed E-state index contributed by atoms with van der Waals surface area (Å²) in [5.41, 5.74) is -0.420. The number of carbonyl (C=O) groups is 1. The van der Waals surface area contributed by atoms with Gasteiger partial charge in [0.1, 0.15) is 6.61 Å². The molecule has 0 rings (SSSR count). The normalized spacial score (nSPS) is 11.1. The fraction of sp³-hybridized carbons (Fsp3) is 0.700. The van der Waals surface area contributed by atoms with Gasteiger partial charge >= 0.3 is 5.97 Å². The van der Waals surface area contributed by atoms with E-state index in [4.69, 9.17) is 14.9 Å². The summed E-state index contributed by atoms with van der Waals surface area (Å²) < 4.78 is 4.88. The lowest BCUT2D eigenvalue weighted by Gasteiger charge is -2.27. The zero-order valence-corrected chi connectivity index (χ0v) is 8.75. The molecule has 0 aliphatic heterocycles. The molecule has 0 unspecified atom stereocenters. The van der Waals surface area contributed by atoms with Crippen LogP contribution in [-0.4, -0.2) is 36.0 Å². The smallest absolute Gasteiger partial charge is 0.333 e. The van der Waals surface area contributed by atoms with Crippen LogP contribution in [0, 0.1) is 5.41 Å². The highest BCUT2D eigenvalue weighted by atomic mass is 16.5. The van der Waals surface area contributed by atoms with E-state index in [1.54, 1.807) is 6.92 Å². The number of aliphatic hydroxyl groups is 2. The van der Waals surface area contributed by atoms with E-state index in [1.807, 2.05) is 6.92 Å². The van der Waals surface area contributed by atoms with Crippen molar-refractivity contribution in [3.63, 3.8) is 0 Å². The van der Waals surface area contributed by atoms with Gasteiger partial charge in [0.2, 0.25) is 0 Å². The lowest BCUT2D eigenvalue weighted by Crippen LogP contribution is -2.35. The molecule has 0 saturated heterocycles. The molecule has 0 aliphatic rings. The van der Waals surface area contributed by atoms with Crippen molar-refractivity contribution in [1.29, 1.82) is 0 Å². The molecule has 0 heterocycles. The lowest BCUT2D eigenvalue weighted by atomic mass is 9.88. The molecule has 0 atom stereocenters. The van der Waals surface area contributed by atoms with E-state index in [2.05, 4.69) is 6.58 Å². The van der Waals surface area contributed by atoms with E-state index < -0.39 is 11.4 Å². The fourth-order valence-corrected chi connectivity index (χ4v) is 0.809. The highest BCUT2D eigenvalue weighted by molar-refractivity contribution is 5.86. The molecule has 0 aliphatic carbocycles. The standard InChI is InChI=1S/C10H18O4/c1-4-10(5-11,6-12)7-14-9(13)8(2)3/h11-12H,2,4-7H2,1,3H3. The van der Waals surface area contributed by atoms with Crippen LogP contribution in [0.15, 0.2) is 12.2 Å². The highest BCUT2D eigenvalue weighted by Crippen LogP contribution is 2.21. The molecule has 82 valence electrons. The lowest BCUT2D eigenvalue weighted by molar-refractivity contribution is -0.145. The minimum Gasteiger partial charge on any atom is -0.462 e. The fourth-order valence-electron chi connectivity index (χ4n) is 0.809. The van der Waals surface area contributed by atoms with Crippen LogP contribution in [-0.2, 0) is 9.53 Å². The van der Waals surface area contributed by atoms with Crippen molar-refractivity contribution in [1.82, 2.24) is 0 Å². The summed E-state index contributed by atoms with van der Waals surface area (Å²) in [6.45, 7) is 6.41. The van der Waals surface area contributed by atoms with Crippen LogP contribution in [0.25, 0.3) is 0 Å². The van der Waals surface area contributed by atoms with Gasteiger partial charge in [-0.05, 0) is 13.3 Å². The Hall–Kier alpha value is -0.870. The van der Waals surface area contributed by atoms with Crippen molar-refractivity contribution in [2.24, 2.45) is 5.41 Å². The Labute approximate surface area is 84.2 Å². The van der Waals surface area contributed by atoms with Crippen LogP contribution in [0.1, 0.15) is 20.3 Å². The molecule has 4 nitrogen and oxygen atoms in total. The summed E-state index contributed by atoms with van der Waals surface area (Å²) in [5, 5.41) is 18.1.